The number of H-pyrrole nitrogens is 1. The van der Waals surface area contributed by atoms with Gasteiger partial charge < -0.3 is 10.1 Å². The molecule has 0 spiro atoms. The van der Waals surface area contributed by atoms with E-state index in [0.717, 1.165) is 15.5 Å². The Morgan fingerprint density at radius 1 is 1.21 bits per heavy atom. The predicted molar refractivity (Wildman–Crippen MR) is 94.2 cm³/mol. The number of carboxylic acids is 1. The van der Waals surface area contributed by atoms with Gasteiger partial charge in [0.05, 0.1) is 10.6 Å². The molecular weight excluding hydrogens is 342 g/mol. The van der Waals surface area contributed by atoms with Gasteiger partial charge in [0.25, 0.3) is 0 Å². The minimum Gasteiger partial charge on any atom is -0.478 e. The Labute approximate surface area is 147 Å². The Balaban J connectivity index is 1.73. The van der Waals surface area contributed by atoms with E-state index >= 15 is 0 Å². The fourth-order valence-corrected chi connectivity index (χ4v) is 8.05. The van der Waals surface area contributed by atoms with Crippen LogP contribution in [0.25, 0.3) is 0 Å². The van der Waals surface area contributed by atoms with Gasteiger partial charge in [-0.2, -0.15) is 0 Å². The Kier molecular flexibility index (Phi) is 3.22. The zero-order chi connectivity index (χ0) is 16.4. The fraction of sp³-hybridized carbons (Fsp3) is 0.444. The number of aromatic amines is 1. The second-order valence-electron chi connectivity index (χ2n) is 7.07. The Bertz CT molecular complexity index is 886. The number of thiazole rings is 1. The van der Waals surface area contributed by atoms with E-state index in [0.29, 0.717) is 28.6 Å². The summed E-state index contributed by atoms with van der Waals surface area (Å²) in [6, 6.07) is 7.34. The molecule has 5 atom stereocenters. The summed E-state index contributed by atoms with van der Waals surface area (Å²) in [5.41, 5.74) is 1.26. The second kappa shape index (κ2) is 5.23. The molecule has 1 aromatic heterocycles. The molecular formula is C18H17NO3S2. The number of aromatic carboxylic acids is 1. The summed E-state index contributed by atoms with van der Waals surface area (Å²) in [5, 5.41) is 11.1. The maximum atomic E-state index is 12.0. The molecule has 2 heterocycles. The number of benzene rings is 1. The van der Waals surface area contributed by atoms with Crippen molar-refractivity contribution in [3.8, 4) is 0 Å². The molecule has 4 nitrogen and oxygen atoms in total. The van der Waals surface area contributed by atoms with Crippen LogP contribution in [0, 0.1) is 17.8 Å². The first-order chi connectivity index (χ1) is 11.6. The lowest BCUT2D eigenvalue weighted by atomic mass is 9.74. The summed E-state index contributed by atoms with van der Waals surface area (Å²) in [6.45, 7) is 0. The summed E-state index contributed by atoms with van der Waals surface area (Å²) < 4.78 is 0. The predicted octanol–water partition coefficient (Wildman–Crippen LogP) is 3.79. The smallest absolute Gasteiger partial charge is 0.335 e. The van der Waals surface area contributed by atoms with Crippen LogP contribution in [0.15, 0.2) is 34.1 Å². The van der Waals surface area contributed by atoms with Crippen molar-refractivity contribution in [1.29, 1.82) is 0 Å². The highest BCUT2D eigenvalue weighted by molar-refractivity contribution is 8.00. The highest BCUT2D eigenvalue weighted by Crippen LogP contribution is 2.63. The quantitative estimate of drug-likeness (QED) is 0.856. The minimum absolute atomic E-state index is 0.0300. The van der Waals surface area contributed by atoms with Crippen LogP contribution in [0.3, 0.4) is 0 Å². The Hall–Kier alpha value is -1.53. The van der Waals surface area contributed by atoms with Crippen molar-refractivity contribution in [2.75, 3.05) is 0 Å². The summed E-state index contributed by atoms with van der Waals surface area (Å²) in [4.78, 5) is 27.8. The molecule has 6 heteroatoms. The molecule has 24 heavy (non-hydrogen) atoms. The zero-order valence-corrected chi connectivity index (χ0v) is 14.5. The highest BCUT2D eigenvalue weighted by atomic mass is 32.2. The number of nitrogens with one attached hydrogen (secondary N) is 1. The zero-order valence-electron chi connectivity index (χ0n) is 12.9. The van der Waals surface area contributed by atoms with Crippen LogP contribution in [0.5, 0.6) is 0 Å². The molecule has 1 aliphatic heterocycles. The van der Waals surface area contributed by atoms with E-state index in [4.69, 9.17) is 0 Å². The summed E-state index contributed by atoms with van der Waals surface area (Å²) in [5.74, 6) is 0.977. The van der Waals surface area contributed by atoms with E-state index in [1.165, 1.54) is 30.6 Å². The molecule has 2 bridgehead atoms. The van der Waals surface area contributed by atoms with Crippen molar-refractivity contribution in [3.63, 3.8) is 0 Å². The SMILES string of the molecule is O=C(O)c1ccccc1[C@@H]1c2sc(=O)[nH]c2S[C@@H]2[C@H]3CC[C@@H](C3)[C@H]12. The van der Waals surface area contributed by atoms with Gasteiger partial charge >= 0.3 is 10.8 Å². The van der Waals surface area contributed by atoms with Gasteiger partial charge in [-0.15, -0.1) is 11.8 Å². The topological polar surface area (TPSA) is 70.2 Å². The lowest BCUT2D eigenvalue weighted by Crippen LogP contribution is -2.34. The lowest BCUT2D eigenvalue weighted by Gasteiger charge is -2.40. The van der Waals surface area contributed by atoms with E-state index in [2.05, 4.69) is 4.98 Å². The number of hydrogen-bond acceptors (Lipinski definition) is 4. The third kappa shape index (κ3) is 1.99. The van der Waals surface area contributed by atoms with E-state index in [9.17, 15) is 14.7 Å². The van der Waals surface area contributed by atoms with Gasteiger partial charge in [0.1, 0.15) is 0 Å². The van der Waals surface area contributed by atoms with Crippen molar-refractivity contribution in [2.45, 2.75) is 35.5 Å². The number of hydrogen-bond donors (Lipinski definition) is 2. The molecule has 2 saturated carbocycles. The average Bonchev–Trinajstić information content (AvgIpc) is 3.26. The van der Waals surface area contributed by atoms with Crippen LogP contribution in [0.4, 0.5) is 0 Å². The molecule has 2 aliphatic carbocycles. The highest BCUT2D eigenvalue weighted by Gasteiger charge is 2.55. The van der Waals surface area contributed by atoms with Gasteiger partial charge in [-0.05, 0) is 48.6 Å². The molecule has 0 unspecified atom stereocenters. The number of thioether (sulfide) groups is 1. The number of rotatable bonds is 2. The molecule has 124 valence electrons. The molecule has 3 aliphatic rings. The largest absolute Gasteiger partial charge is 0.478 e. The summed E-state index contributed by atoms with van der Waals surface area (Å²) >= 11 is 3.10. The van der Waals surface area contributed by atoms with Crippen LogP contribution >= 0.6 is 23.1 Å². The van der Waals surface area contributed by atoms with Crippen molar-refractivity contribution >= 4 is 29.1 Å². The average molecular weight is 359 g/mol. The van der Waals surface area contributed by atoms with Crippen LogP contribution < -0.4 is 4.87 Å². The number of aromatic nitrogens is 1. The monoisotopic (exact) mass is 359 g/mol. The van der Waals surface area contributed by atoms with Crippen LogP contribution in [0.2, 0.25) is 0 Å². The number of carboxylic acid groups (broad SMARTS) is 1. The Morgan fingerprint density at radius 3 is 2.83 bits per heavy atom. The summed E-state index contributed by atoms with van der Waals surface area (Å²) in [6.07, 6.45) is 3.77. The minimum atomic E-state index is -0.882. The third-order valence-electron chi connectivity index (χ3n) is 5.99. The molecule has 5 rings (SSSR count). The maximum Gasteiger partial charge on any atom is 0.335 e. The molecule has 0 radical (unpaired) electrons. The first-order valence-corrected chi connectivity index (χ1v) is 10.0. The Morgan fingerprint density at radius 2 is 2.00 bits per heavy atom. The van der Waals surface area contributed by atoms with E-state index in [1.807, 2.05) is 23.9 Å². The maximum absolute atomic E-state index is 12.0. The van der Waals surface area contributed by atoms with Crippen molar-refractivity contribution in [3.05, 3.63) is 49.9 Å². The fourth-order valence-electron chi connectivity index (χ4n) is 5.16. The first-order valence-electron chi connectivity index (χ1n) is 8.35. The van der Waals surface area contributed by atoms with Crippen molar-refractivity contribution in [1.82, 2.24) is 4.98 Å². The van der Waals surface area contributed by atoms with E-state index in [1.54, 1.807) is 12.1 Å². The van der Waals surface area contributed by atoms with Crippen molar-refractivity contribution in [2.24, 2.45) is 17.8 Å². The summed E-state index contributed by atoms with van der Waals surface area (Å²) in [7, 11) is 0. The van der Waals surface area contributed by atoms with E-state index < -0.39 is 5.97 Å². The van der Waals surface area contributed by atoms with Gasteiger partial charge in [-0.1, -0.05) is 29.5 Å². The lowest BCUT2D eigenvalue weighted by molar-refractivity contribution is 0.0694. The van der Waals surface area contributed by atoms with Gasteiger partial charge in [0.2, 0.25) is 0 Å². The third-order valence-corrected chi connectivity index (χ3v) is 8.62. The number of carbonyl (C=O) groups is 1. The van der Waals surface area contributed by atoms with Gasteiger partial charge in [0.15, 0.2) is 0 Å². The molecule has 2 fully saturated rings. The standard InChI is InChI=1S/C18H17NO3S2/c20-17(21)11-4-2-1-3-10(11)13-12-8-5-6-9(7-8)14(12)23-16-15(13)24-18(22)19-16/h1-4,8-9,12-14H,5-7H2,(H,19,22)(H,20,21)/t8-,9-,12+,13-,14+/m0/s1. The first kappa shape index (κ1) is 14.8. The van der Waals surface area contributed by atoms with Crippen LogP contribution in [-0.4, -0.2) is 21.3 Å². The van der Waals surface area contributed by atoms with Crippen LogP contribution in [0.1, 0.15) is 46.0 Å². The molecule has 1 aromatic carbocycles. The van der Waals surface area contributed by atoms with E-state index in [-0.39, 0.29) is 10.8 Å². The van der Waals surface area contributed by atoms with Gasteiger partial charge in [-0.3, -0.25) is 4.79 Å². The molecule has 0 saturated heterocycles. The van der Waals surface area contributed by atoms with Crippen LogP contribution in [-0.2, 0) is 0 Å². The van der Waals surface area contributed by atoms with Gasteiger partial charge in [0, 0.05) is 16.0 Å². The second-order valence-corrected chi connectivity index (χ2v) is 9.27. The van der Waals surface area contributed by atoms with Gasteiger partial charge in [-0.25, -0.2) is 4.79 Å². The normalized spacial score (nSPS) is 33.2. The van der Waals surface area contributed by atoms with Crippen molar-refractivity contribution < 1.29 is 9.90 Å². The molecule has 0 amide bonds. The number of fused-ring (bicyclic) bond motifs is 6. The molecule has 2 N–H and O–H groups in total. The molecule has 2 aromatic rings.